The molecule has 0 bridgehead atoms. The van der Waals surface area contributed by atoms with Crippen LogP contribution in [0.5, 0.6) is 0 Å². The lowest BCUT2D eigenvalue weighted by molar-refractivity contribution is 0.249. The summed E-state index contributed by atoms with van der Waals surface area (Å²) in [5.41, 5.74) is -0.635. The number of nitrogens with one attached hydrogen (secondary N) is 1. The molecule has 0 aromatic heterocycles. The van der Waals surface area contributed by atoms with E-state index < -0.39 is 32.1 Å². The number of sulfonamides is 1. The maximum Gasteiger partial charge on any atom is 0.244 e. The molecule has 118 valence electrons. The average Bonchev–Trinajstić information content (AvgIpc) is 2.44. The van der Waals surface area contributed by atoms with Gasteiger partial charge in [0.2, 0.25) is 10.0 Å². The van der Waals surface area contributed by atoms with E-state index in [1.54, 1.807) is 0 Å². The average molecular weight is 382 g/mol. The summed E-state index contributed by atoms with van der Waals surface area (Å²) >= 11 is 3.35. The van der Waals surface area contributed by atoms with Gasteiger partial charge >= 0.3 is 0 Å². The summed E-state index contributed by atoms with van der Waals surface area (Å²) in [5, 5.41) is 0.447. The van der Waals surface area contributed by atoms with Gasteiger partial charge in [-0.25, -0.2) is 21.9 Å². The summed E-state index contributed by atoms with van der Waals surface area (Å²) in [4.78, 5) is -0.638. The standard InChI is InChI=1S/C14H18BrF2NO2S/c1-10-4-6-14(9-15,7-5-10)18-21(19,20)13-8-11(16)2-3-12(13)17/h2-3,8,10,18H,4-7,9H2,1H3. The van der Waals surface area contributed by atoms with E-state index in [-0.39, 0.29) is 0 Å². The summed E-state index contributed by atoms with van der Waals surface area (Å²) < 4.78 is 54.3. The molecule has 1 aromatic rings. The molecule has 0 aliphatic heterocycles. The number of hydrogen-bond donors (Lipinski definition) is 1. The van der Waals surface area contributed by atoms with Crippen LogP contribution in [0, 0.1) is 17.6 Å². The second kappa shape index (κ2) is 6.30. The van der Waals surface area contributed by atoms with Gasteiger partial charge in [0, 0.05) is 10.9 Å². The van der Waals surface area contributed by atoms with Crippen LogP contribution in [0.2, 0.25) is 0 Å². The molecule has 0 spiro atoms. The first-order chi connectivity index (χ1) is 9.78. The van der Waals surface area contributed by atoms with Crippen molar-refractivity contribution in [2.24, 2.45) is 5.92 Å². The molecule has 1 aliphatic carbocycles. The molecular formula is C14H18BrF2NO2S. The number of rotatable bonds is 4. The molecule has 1 fully saturated rings. The summed E-state index contributed by atoms with van der Waals surface area (Å²) in [6, 6.07) is 2.44. The Labute approximate surface area is 132 Å². The molecule has 1 saturated carbocycles. The van der Waals surface area contributed by atoms with Crippen molar-refractivity contribution >= 4 is 26.0 Å². The number of hydrogen-bond acceptors (Lipinski definition) is 2. The van der Waals surface area contributed by atoms with Gasteiger partial charge in [0.25, 0.3) is 0 Å². The zero-order valence-electron chi connectivity index (χ0n) is 11.7. The summed E-state index contributed by atoms with van der Waals surface area (Å²) in [6.45, 7) is 2.12. The smallest absolute Gasteiger partial charge is 0.207 e. The van der Waals surface area contributed by atoms with Crippen molar-refractivity contribution in [3.63, 3.8) is 0 Å². The van der Waals surface area contributed by atoms with E-state index in [0.717, 1.165) is 25.0 Å². The summed E-state index contributed by atoms with van der Waals surface area (Å²) in [6.07, 6.45) is 3.16. The SMILES string of the molecule is CC1CCC(CBr)(NS(=O)(=O)c2cc(F)ccc2F)CC1. The van der Waals surface area contributed by atoms with Crippen LogP contribution in [0.1, 0.15) is 32.6 Å². The Hall–Kier alpha value is -0.530. The van der Waals surface area contributed by atoms with E-state index in [1.807, 2.05) is 0 Å². The zero-order valence-corrected chi connectivity index (χ0v) is 14.1. The van der Waals surface area contributed by atoms with Crippen molar-refractivity contribution in [2.45, 2.75) is 43.0 Å². The highest BCUT2D eigenvalue weighted by Gasteiger charge is 2.38. The van der Waals surface area contributed by atoms with Crippen molar-refractivity contribution in [3.8, 4) is 0 Å². The lowest BCUT2D eigenvalue weighted by Crippen LogP contribution is -2.52. The third-order valence-electron chi connectivity index (χ3n) is 4.02. The van der Waals surface area contributed by atoms with Gasteiger partial charge in [0.1, 0.15) is 16.5 Å². The second-order valence-corrected chi connectivity index (χ2v) is 7.99. The number of benzene rings is 1. The lowest BCUT2D eigenvalue weighted by atomic mass is 9.79. The maximum atomic E-state index is 13.7. The Morgan fingerprint density at radius 1 is 1.33 bits per heavy atom. The second-order valence-electron chi connectivity index (χ2n) is 5.78. The van der Waals surface area contributed by atoms with E-state index in [4.69, 9.17) is 0 Å². The molecule has 0 radical (unpaired) electrons. The maximum absolute atomic E-state index is 13.7. The number of halogens is 3. The van der Waals surface area contributed by atoms with E-state index in [2.05, 4.69) is 27.6 Å². The first-order valence-electron chi connectivity index (χ1n) is 6.83. The first kappa shape index (κ1) is 16.8. The van der Waals surface area contributed by atoms with Crippen LogP contribution in [0.3, 0.4) is 0 Å². The minimum Gasteiger partial charge on any atom is -0.207 e. The van der Waals surface area contributed by atoms with Crippen LogP contribution in [0.25, 0.3) is 0 Å². The van der Waals surface area contributed by atoms with Crippen LogP contribution in [0.4, 0.5) is 8.78 Å². The van der Waals surface area contributed by atoms with Gasteiger partial charge in [-0.1, -0.05) is 22.9 Å². The highest BCUT2D eigenvalue weighted by Crippen LogP contribution is 2.34. The quantitative estimate of drug-likeness (QED) is 0.810. The van der Waals surface area contributed by atoms with E-state index in [0.29, 0.717) is 30.2 Å². The molecule has 1 aliphatic rings. The van der Waals surface area contributed by atoms with Crippen molar-refractivity contribution in [1.29, 1.82) is 0 Å². The molecule has 0 heterocycles. The Balaban J connectivity index is 2.29. The van der Waals surface area contributed by atoms with Crippen LogP contribution in [-0.4, -0.2) is 19.3 Å². The van der Waals surface area contributed by atoms with Gasteiger partial charge in [0.05, 0.1) is 0 Å². The lowest BCUT2D eigenvalue weighted by Gasteiger charge is -2.38. The van der Waals surface area contributed by atoms with Crippen molar-refractivity contribution in [2.75, 3.05) is 5.33 Å². The predicted octanol–water partition coefficient (Wildman–Crippen LogP) is 3.59. The number of alkyl halides is 1. The predicted molar refractivity (Wildman–Crippen MR) is 80.8 cm³/mol. The van der Waals surface area contributed by atoms with Crippen molar-refractivity contribution in [3.05, 3.63) is 29.8 Å². The van der Waals surface area contributed by atoms with Gasteiger partial charge in [-0.15, -0.1) is 0 Å². The Kier molecular flexibility index (Phi) is 5.05. The third kappa shape index (κ3) is 3.81. The van der Waals surface area contributed by atoms with E-state index >= 15 is 0 Å². The molecule has 7 heteroatoms. The Bertz CT molecular complexity index is 613. The monoisotopic (exact) mass is 381 g/mol. The molecule has 21 heavy (non-hydrogen) atoms. The van der Waals surface area contributed by atoms with Crippen LogP contribution in [0.15, 0.2) is 23.1 Å². The van der Waals surface area contributed by atoms with Crippen LogP contribution < -0.4 is 4.72 Å². The Morgan fingerprint density at radius 3 is 2.52 bits per heavy atom. The third-order valence-corrected chi connectivity index (χ3v) is 6.69. The minimum absolute atomic E-state index is 0.447. The molecule has 0 amide bonds. The van der Waals surface area contributed by atoms with Gasteiger partial charge in [-0.3, -0.25) is 0 Å². The topological polar surface area (TPSA) is 46.2 Å². The Morgan fingerprint density at radius 2 is 1.95 bits per heavy atom. The fraction of sp³-hybridized carbons (Fsp3) is 0.571. The van der Waals surface area contributed by atoms with E-state index in [9.17, 15) is 17.2 Å². The molecule has 2 rings (SSSR count). The van der Waals surface area contributed by atoms with Gasteiger partial charge in [0.15, 0.2) is 0 Å². The summed E-state index contributed by atoms with van der Waals surface area (Å²) in [7, 11) is -4.10. The highest BCUT2D eigenvalue weighted by atomic mass is 79.9. The normalized spacial score (nSPS) is 26.8. The van der Waals surface area contributed by atoms with Crippen molar-refractivity contribution < 1.29 is 17.2 Å². The van der Waals surface area contributed by atoms with Crippen LogP contribution >= 0.6 is 15.9 Å². The minimum atomic E-state index is -4.10. The molecule has 0 saturated heterocycles. The fourth-order valence-corrected chi connectivity index (χ4v) is 5.04. The summed E-state index contributed by atoms with van der Waals surface area (Å²) in [5.74, 6) is -1.17. The van der Waals surface area contributed by atoms with Crippen molar-refractivity contribution in [1.82, 2.24) is 4.72 Å². The molecule has 0 atom stereocenters. The largest absolute Gasteiger partial charge is 0.244 e. The van der Waals surface area contributed by atoms with E-state index in [1.165, 1.54) is 0 Å². The molecule has 3 nitrogen and oxygen atoms in total. The van der Waals surface area contributed by atoms with Crippen LogP contribution in [-0.2, 0) is 10.0 Å². The highest BCUT2D eigenvalue weighted by molar-refractivity contribution is 9.09. The fourth-order valence-electron chi connectivity index (χ4n) is 2.60. The van der Waals surface area contributed by atoms with Gasteiger partial charge < -0.3 is 0 Å². The zero-order chi connectivity index (χ0) is 15.7. The molecule has 0 unspecified atom stereocenters. The van der Waals surface area contributed by atoms with Gasteiger partial charge in [-0.05, 0) is 49.8 Å². The molecular weight excluding hydrogens is 364 g/mol. The first-order valence-corrected chi connectivity index (χ1v) is 9.43. The van der Waals surface area contributed by atoms with Gasteiger partial charge in [-0.2, -0.15) is 0 Å². The molecule has 1 N–H and O–H groups in total. The molecule has 1 aromatic carbocycles.